The van der Waals surface area contributed by atoms with Crippen LogP contribution in [0.5, 0.6) is 17.2 Å². The van der Waals surface area contributed by atoms with Gasteiger partial charge in [-0.1, -0.05) is 55.8 Å². The summed E-state index contributed by atoms with van der Waals surface area (Å²) in [6.45, 7) is 3.00. The molecule has 4 aromatic carbocycles. The minimum Gasteiger partial charge on any atom is -0.496 e. The second kappa shape index (κ2) is 18.3. The van der Waals surface area contributed by atoms with Gasteiger partial charge in [-0.3, -0.25) is 4.68 Å². The maximum absolute atomic E-state index is 12.8. The van der Waals surface area contributed by atoms with Gasteiger partial charge in [0.1, 0.15) is 23.9 Å². The van der Waals surface area contributed by atoms with Crippen LogP contribution < -0.4 is 14.2 Å². The molecule has 13 heteroatoms. The first-order valence-electron chi connectivity index (χ1n) is 18.0. The van der Waals surface area contributed by atoms with E-state index in [1.807, 2.05) is 22.9 Å². The number of aromatic nitrogens is 2. The Morgan fingerprint density at radius 2 is 1.62 bits per heavy atom. The third-order valence-corrected chi connectivity index (χ3v) is 9.38. The minimum atomic E-state index is -1.14. The lowest BCUT2D eigenvalue weighted by Crippen LogP contribution is -2.15. The summed E-state index contributed by atoms with van der Waals surface area (Å²) in [5, 5.41) is 34.6. The SMILES string of the molecule is CCCCn1ncc(/C=C(\Cc2c(OC)ccc3c2COCO3)C(=O)O)c1-c1ccccc1OCc1ccc(COCc2ccccc2C(=O)O)c(C(=O)O)c1. The van der Waals surface area contributed by atoms with E-state index in [0.717, 1.165) is 18.4 Å². The van der Waals surface area contributed by atoms with Gasteiger partial charge in [-0.15, -0.1) is 0 Å². The highest BCUT2D eigenvalue weighted by Gasteiger charge is 2.24. The number of hydrogen-bond donors (Lipinski definition) is 3. The topological polar surface area (TPSA) is 176 Å². The van der Waals surface area contributed by atoms with E-state index in [0.29, 0.717) is 62.9 Å². The van der Waals surface area contributed by atoms with E-state index in [4.69, 9.17) is 23.7 Å². The van der Waals surface area contributed by atoms with Crippen LogP contribution in [0.4, 0.5) is 0 Å². The van der Waals surface area contributed by atoms with Crippen LogP contribution in [-0.4, -0.2) is 56.9 Å². The Labute approximate surface area is 323 Å². The second-order valence-electron chi connectivity index (χ2n) is 13.0. The standard InChI is InChI=1S/C43H42N2O11/c1-3-4-17-45-40(31(21-44-45)19-30(41(46)47)20-35-36-25-54-26-56-39(36)16-15-37(35)52-2)33-11-7-8-12-38(33)55-22-27-13-14-29(34(18-27)43(50)51)24-53-23-28-9-5-6-10-32(28)42(48)49/h5-16,18-19,21H,3-4,17,20,22-26H2,1-2H3,(H,46,47)(H,48,49)(H,50,51)/b30-19+. The number of benzene rings is 4. The van der Waals surface area contributed by atoms with Crippen molar-refractivity contribution in [1.29, 1.82) is 0 Å². The fourth-order valence-corrected chi connectivity index (χ4v) is 6.53. The average Bonchev–Trinajstić information content (AvgIpc) is 3.61. The Morgan fingerprint density at radius 3 is 2.38 bits per heavy atom. The van der Waals surface area contributed by atoms with Gasteiger partial charge in [0, 0.05) is 40.8 Å². The number of aliphatic carboxylic acids is 1. The van der Waals surface area contributed by atoms with E-state index in [9.17, 15) is 29.7 Å². The number of aryl methyl sites for hydroxylation is 1. The van der Waals surface area contributed by atoms with Crippen LogP contribution >= 0.6 is 0 Å². The molecule has 13 nitrogen and oxygen atoms in total. The summed E-state index contributed by atoms with van der Waals surface area (Å²) in [4.78, 5) is 36.7. The Morgan fingerprint density at radius 1 is 0.875 bits per heavy atom. The third kappa shape index (κ3) is 9.08. The van der Waals surface area contributed by atoms with E-state index >= 15 is 0 Å². The Bertz CT molecular complexity index is 2260. The molecule has 2 heterocycles. The first kappa shape index (κ1) is 39.3. The highest BCUT2D eigenvalue weighted by atomic mass is 16.7. The predicted octanol–water partition coefficient (Wildman–Crippen LogP) is 7.63. The molecule has 0 amide bonds. The van der Waals surface area contributed by atoms with E-state index in [1.54, 1.807) is 60.8 Å². The van der Waals surface area contributed by atoms with Crippen LogP contribution in [-0.2, 0) is 53.7 Å². The number of methoxy groups -OCH3 is 1. The van der Waals surface area contributed by atoms with Gasteiger partial charge in [0.15, 0.2) is 6.79 Å². The van der Waals surface area contributed by atoms with Crippen molar-refractivity contribution in [2.45, 2.75) is 59.2 Å². The van der Waals surface area contributed by atoms with Crippen molar-refractivity contribution in [2.75, 3.05) is 13.9 Å². The van der Waals surface area contributed by atoms with Gasteiger partial charge >= 0.3 is 17.9 Å². The van der Waals surface area contributed by atoms with Crippen LogP contribution in [0, 0.1) is 0 Å². The summed E-state index contributed by atoms with van der Waals surface area (Å²) in [6.07, 6.45) is 5.05. The lowest BCUT2D eigenvalue weighted by Gasteiger charge is -2.22. The molecule has 0 bridgehead atoms. The number of unbranched alkanes of at least 4 members (excludes halogenated alkanes) is 1. The van der Waals surface area contributed by atoms with Crippen molar-refractivity contribution in [2.24, 2.45) is 0 Å². The lowest BCUT2D eigenvalue weighted by atomic mass is 9.96. The van der Waals surface area contributed by atoms with Crippen molar-refractivity contribution < 1.29 is 53.4 Å². The minimum absolute atomic E-state index is 0.00448. The highest BCUT2D eigenvalue weighted by molar-refractivity contribution is 5.94. The number of carboxylic acid groups (broad SMARTS) is 3. The fraction of sp³-hybridized carbons (Fsp3) is 0.256. The molecule has 6 rings (SSSR count). The number of ether oxygens (including phenoxy) is 5. The van der Waals surface area contributed by atoms with E-state index in [1.165, 1.54) is 19.2 Å². The van der Waals surface area contributed by atoms with Gasteiger partial charge in [0.05, 0.1) is 49.9 Å². The van der Waals surface area contributed by atoms with Gasteiger partial charge in [0.25, 0.3) is 0 Å². The summed E-state index contributed by atoms with van der Waals surface area (Å²) < 4.78 is 30.7. The van der Waals surface area contributed by atoms with Crippen molar-refractivity contribution in [3.63, 3.8) is 0 Å². The fourth-order valence-electron chi connectivity index (χ4n) is 6.53. The molecule has 0 fully saturated rings. The molecule has 1 aromatic heterocycles. The molecule has 0 aliphatic carbocycles. The van der Waals surface area contributed by atoms with Crippen LogP contribution in [0.2, 0.25) is 0 Å². The Hall–Kier alpha value is -6.44. The first-order valence-corrected chi connectivity index (χ1v) is 18.0. The third-order valence-electron chi connectivity index (χ3n) is 9.38. The van der Waals surface area contributed by atoms with Crippen molar-refractivity contribution >= 4 is 24.0 Å². The number of carbonyl (C=O) groups is 3. The van der Waals surface area contributed by atoms with Crippen molar-refractivity contribution in [3.05, 3.63) is 135 Å². The maximum atomic E-state index is 12.8. The van der Waals surface area contributed by atoms with Crippen LogP contribution in [0.25, 0.3) is 17.3 Å². The number of fused-ring (bicyclic) bond motifs is 1. The lowest BCUT2D eigenvalue weighted by molar-refractivity contribution is -0.132. The van der Waals surface area contributed by atoms with Crippen molar-refractivity contribution in [3.8, 4) is 28.5 Å². The highest BCUT2D eigenvalue weighted by Crippen LogP contribution is 2.37. The smallest absolute Gasteiger partial charge is 0.336 e. The number of aromatic carboxylic acids is 2. The zero-order valence-electron chi connectivity index (χ0n) is 31.0. The average molecular weight is 763 g/mol. The van der Waals surface area contributed by atoms with Gasteiger partial charge in [-0.05, 0) is 65.6 Å². The molecule has 0 radical (unpaired) electrons. The predicted molar refractivity (Wildman–Crippen MR) is 205 cm³/mol. The first-order chi connectivity index (χ1) is 27.2. The van der Waals surface area contributed by atoms with Gasteiger partial charge in [0.2, 0.25) is 0 Å². The number of carboxylic acids is 3. The number of hydrogen-bond acceptors (Lipinski definition) is 9. The molecule has 0 unspecified atom stereocenters. The van der Waals surface area contributed by atoms with E-state index in [2.05, 4.69) is 12.0 Å². The molecule has 0 spiro atoms. The Kier molecular flexibility index (Phi) is 12.8. The van der Waals surface area contributed by atoms with E-state index in [-0.39, 0.29) is 56.3 Å². The van der Waals surface area contributed by atoms with Crippen LogP contribution in [0.3, 0.4) is 0 Å². The van der Waals surface area contributed by atoms with Crippen molar-refractivity contribution in [1.82, 2.24) is 9.78 Å². The summed E-state index contributed by atoms with van der Waals surface area (Å²) >= 11 is 0. The molecule has 290 valence electrons. The molecule has 1 aliphatic rings. The van der Waals surface area contributed by atoms with E-state index < -0.39 is 17.9 Å². The molecule has 0 saturated carbocycles. The molecular weight excluding hydrogens is 720 g/mol. The largest absolute Gasteiger partial charge is 0.496 e. The number of para-hydroxylation sites is 1. The molecule has 5 aromatic rings. The summed E-state index contributed by atoms with van der Waals surface area (Å²) in [5.41, 5.74) is 5.08. The summed E-state index contributed by atoms with van der Waals surface area (Å²) in [5.74, 6) is -1.68. The zero-order chi connectivity index (χ0) is 39.6. The molecule has 56 heavy (non-hydrogen) atoms. The Balaban J connectivity index is 1.27. The van der Waals surface area contributed by atoms with Crippen LogP contribution in [0.1, 0.15) is 73.9 Å². The number of rotatable bonds is 18. The van der Waals surface area contributed by atoms with Gasteiger partial charge in [-0.25, -0.2) is 14.4 Å². The monoisotopic (exact) mass is 762 g/mol. The molecule has 1 aliphatic heterocycles. The molecular formula is C43H42N2O11. The number of nitrogens with zero attached hydrogens (tertiary/aromatic N) is 2. The van der Waals surface area contributed by atoms with Crippen LogP contribution in [0.15, 0.2) is 90.6 Å². The van der Waals surface area contributed by atoms with Gasteiger partial charge < -0.3 is 39.0 Å². The normalized spacial score (nSPS) is 12.4. The maximum Gasteiger partial charge on any atom is 0.336 e. The van der Waals surface area contributed by atoms with Gasteiger partial charge in [-0.2, -0.15) is 5.10 Å². The summed E-state index contributed by atoms with van der Waals surface area (Å²) in [6, 6.07) is 22.3. The quantitative estimate of drug-likeness (QED) is 0.0746. The summed E-state index contributed by atoms with van der Waals surface area (Å²) in [7, 11) is 1.53. The molecule has 0 saturated heterocycles. The molecule has 3 N–H and O–H groups in total. The zero-order valence-corrected chi connectivity index (χ0v) is 31.0. The molecule has 0 atom stereocenters. The second-order valence-corrected chi connectivity index (χ2v) is 13.0.